The summed E-state index contributed by atoms with van der Waals surface area (Å²) in [6.45, 7) is 0.338. The van der Waals surface area contributed by atoms with Crippen molar-refractivity contribution in [2.45, 2.75) is 6.54 Å². The normalized spacial score (nSPS) is 11.1. The monoisotopic (exact) mass is 353 g/mol. The number of aromatic nitrogens is 1. The SMILES string of the molecule is O=C(Cn1ccc2cc(Cl)ccc21)c1sccc1Br. The number of carbonyl (C=O) groups excluding carboxylic acids is 1. The predicted octanol–water partition coefficient (Wildman–Crippen LogP) is 5.00. The van der Waals surface area contributed by atoms with Crippen LogP contribution in [0.2, 0.25) is 5.02 Å². The van der Waals surface area contributed by atoms with Gasteiger partial charge in [-0.3, -0.25) is 4.79 Å². The molecule has 0 unspecified atom stereocenters. The molecular weight excluding hydrogens is 346 g/mol. The van der Waals surface area contributed by atoms with Crippen LogP contribution in [-0.4, -0.2) is 10.4 Å². The van der Waals surface area contributed by atoms with Crippen LogP contribution < -0.4 is 0 Å². The molecule has 0 bridgehead atoms. The van der Waals surface area contributed by atoms with Crippen molar-refractivity contribution in [3.05, 3.63) is 56.3 Å². The fourth-order valence-electron chi connectivity index (χ4n) is 2.03. The summed E-state index contributed by atoms with van der Waals surface area (Å²) in [6, 6.07) is 9.54. The molecule has 2 nitrogen and oxygen atoms in total. The number of Topliss-reactive ketones (excluding diaryl/α,β-unsaturated/α-hetero) is 1. The summed E-state index contributed by atoms with van der Waals surface area (Å²) in [6.07, 6.45) is 1.92. The third-order valence-electron chi connectivity index (χ3n) is 2.92. The second-order valence-electron chi connectivity index (χ2n) is 4.17. The van der Waals surface area contributed by atoms with E-state index in [1.165, 1.54) is 11.3 Å². The van der Waals surface area contributed by atoms with Crippen LogP contribution in [0.4, 0.5) is 0 Å². The minimum atomic E-state index is 0.106. The predicted molar refractivity (Wildman–Crippen MR) is 83.3 cm³/mol. The molecule has 3 aromatic rings. The first kappa shape index (κ1) is 12.9. The van der Waals surface area contributed by atoms with Crippen molar-refractivity contribution in [2.24, 2.45) is 0 Å². The van der Waals surface area contributed by atoms with Gasteiger partial charge in [-0.2, -0.15) is 0 Å². The van der Waals surface area contributed by atoms with E-state index in [1.807, 2.05) is 46.5 Å². The molecule has 2 heterocycles. The van der Waals surface area contributed by atoms with Gasteiger partial charge in [0.1, 0.15) is 0 Å². The van der Waals surface area contributed by atoms with E-state index in [9.17, 15) is 4.79 Å². The van der Waals surface area contributed by atoms with Crippen molar-refractivity contribution in [1.29, 1.82) is 0 Å². The first-order chi connectivity index (χ1) is 9.15. The Labute approximate surface area is 127 Å². The van der Waals surface area contributed by atoms with Crippen molar-refractivity contribution in [3.8, 4) is 0 Å². The van der Waals surface area contributed by atoms with Crippen molar-refractivity contribution < 1.29 is 4.79 Å². The summed E-state index contributed by atoms with van der Waals surface area (Å²) >= 11 is 10.8. The van der Waals surface area contributed by atoms with Gasteiger partial charge in [-0.05, 0) is 51.6 Å². The lowest BCUT2D eigenvalue weighted by atomic mass is 10.2. The standard InChI is InChI=1S/C14H9BrClNOS/c15-11-4-6-19-14(11)13(18)8-17-5-3-9-7-10(16)1-2-12(9)17/h1-7H,8H2. The summed E-state index contributed by atoms with van der Waals surface area (Å²) in [7, 11) is 0. The van der Waals surface area contributed by atoms with Gasteiger partial charge in [0.15, 0.2) is 5.78 Å². The molecule has 0 aliphatic heterocycles. The zero-order valence-electron chi connectivity index (χ0n) is 9.77. The highest BCUT2D eigenvalue weighted by Gasteiger charge is 2.13. The Kier molecular flexibility index (Phi) is 3.48. The van der Waals surface area contributed by atoms with E-state index in [0.29, 0.717) is 11.6 Å². The first-order valence-electron chi connectivity index (χ1n) is 5.66. The van der Waals surface area contributed by atoms with E-state index in [2.05, 4.69) is 15.9 Å². The summed E-state index contributed by atoms with van der Waals surface area (Å²) in [5.41, 5.74) is 1.02. The minimum absolute atomic E-state index is 0.106. The van der Waals surface area contributed by atoms with E-state index in [0.717, 1.165) is 20.3 Å². The quantitative estimate of drug-likeness (QED) is 0.607. The Balaban J connectivity index is 1.94. The number of carbonyl (C=O) groups is 1. The number of hydrogen-bond donors (Lipinski definition) is 0. The van der Waals surface area contributed by atoms with E-state index < -0.39 is 0 Å². The molecule has 96 valence electrons. The van der Waals surface area contributed by atoms with Gasteiger partial charge in [-0.1, -0.05) is 11.6 Å². The fourth-order valence-corrected chi connectivity index (χ4v) is 3.73. The number of thiophene rings is 1. The lowest BCUT2D eigenvalue weighted by Crippen LogP contribution is -2.08. The van der Waals surface area contributed by atoms with Crippen LogP contribution in [-0.2, 0) is 6.54 Å². The van der Waals surface area contributed by atoms with Crippen LogP contribution >= 0.6 is 38.9 Å². The average molecular weight is 355 g/mol. The number of fused-ring (bicyclic) bond motifs is 1. The van der Waals surface area contributed by atoms with E-state index in [-0.39, 0.29) is 5.78 Å². The highest BCUT2D eigenvalue weighted by atomic mass is 79.9. The summed E-state index contributed by atoms with van der Waals surface area (Å²) in [5, 5.41) is 3.66. The lowest BCUT2D eigenvalue weighted by molar-refractivity contribution is 0.0977. The highest BCUT2D eigenvalue weighted by Crippen LogP contribution is 2.25. The van der Waals surface area contributed by atoms with Crippen LogP contribution in [0.1, 0.15) is 9.67 Å². The van der Waals surface area contributed by atoms with E-state index >= 15 is 0 Å². The lowest BCUT2D eigenvalue weighted by Gasteiger charge is -2.04. The van der Waals surface area contributed by atoms with Crippen LogP contribution in [0.3, 0.4) is 0 Å². The maximum Gasteiger partial charge on any atom is 0.193 e. The summed E-state index contributed by atoms with van der Waals surface area (Å²) < 4.78 is 2.81. The highest BCUT2D eigenvalue weighted by molar-refractivity contribution is 9.10. The zero-order chi connectivity index (χ0) is 13.4. The molecule has 0 saturated carbocycles. The van der Waals surface area contributed by atoms with Gasteiger partial charge >= 0.3 is 0 Å². The molecule has 0 atom stereocenters. The number of rotatable bonds is 3. The van der Waals surface area contributed by atoms with Gasteiger partial charge in [0.05, 0.1) is 11.4 Å². The fraction of sp³-hybridized carbons (Fsp3) is 0.0714. The van der Waals surface area contributed by atoms with Gasteiger partial charge in [0.2, 0.25) is 0 Å². The summed E-state index contributed by atoms with van der Waals surface area (Å²) in [4.78, 5) is 13.0. The third-order valence-corrected chi connectivity index (χ3v) is 5.03. The van der Waals surface area contributed by atoms with E-state index in [4.69, 9.17) is 11.6 Å². The van der Waals surface area contributed by atoms with Crippen LogP contribution in [0.25, 0.3) is 10.9 Å². The van der Waals surface area contributed by atoms with Crippen molar-refractivity contribution in [3.63, 3.8) is 0 Å². The van der Waals surface area contributed by atoms with Crippen molar-refractivity contribution in [1.82, 2.24) is 4.57 Å². The Morgan fingerprint density at radius 3 is 2.89 bits per heavy atom. The molecule has 1 aromatic carbocycles. The van der Waals surface area contributed by atoms with Gasteiger partial charge in [-0.25, -0.2) is 0 Å². The van der Waals surface area contributed by atoms with Crippen LogP contribution in [0.5, 0.6) is 0 Å². The van der Waals surface area contributed by atoms with Gasteiger partial charge in [0.25, 0.3) is 0 Å². The van der Waals surface area contributed by atoms with Crippen molar-refractivity contribution >= 4 is 55.6 Å². The number of nitrogens with zero attached hydrogens (tertiary/aromatic N) is 1. The largest absolute Gasteiger partial charge is 0.340 e. The molecule has 0 aliphatic rings. The molecule has 0 aliphatic carbocycles. The number of halogens is 2. The Hall–Kier alpha value is -1.10. The molecular formula is C14H9BrClNOS. The Morgan fingerprint density at radius 1 is 1.32 bits per heavy atom. The van der Waals surface area contributed by atoms with Crippen molar-refractivity contribution in [2.75, 3.05) is 0 Å². The third kappa shape index (κ3) is 2.48. The molecule has 0 saturated heterocycles. The maximum absolute atomic E-state index is 12.2. The van der Waals surface area contributed by atoms with Gasteiger partial charge in [0, 0.05) is 26.6 Å². The van der Waals surface area contributed by atoms with Gasteiger partial charge < -0.3 is 4.57 Å². The second-order valence-corrected chi connectivity index (χ2v) is 6.37. The number of hydrogen-bond acceptors (Lipinski definition) is 2. The maximum atomic E-state index is 12.2. The Bertz CT molecular complexity index is 762. The van der Waals surface area contributed by atoms with E-state index in [1.54, 1.807) is 0 Å². The smallest absolute Gasteiger partial charge is 0.193 e. The molecule has 0 spiro atoms. The minimum Gasteiger partial charge on any atom is -0.340 e. The molecule has 0 fully saturated rings. The molecule has 0 amide bonds. The van der Waals surface area contributed by atoms with Crippen LogP contribution in [0, 0.1) is 0 Å². The molecule has 19 heavy (non-hydrogen) atoms. The second kappa shape index (κ2) is 5.12. The molecule has 0 radical (unpaired) electrons. The topological polar surface area (TPSA) is 22.0 Å². The zero-order valence-corrected chi connectivity index (χ0v) is 12.9. The summed E-state index contributed by atoms with van der Waals surface area (Å²) in [5.74, 6) is 0.106. The number of benzene rings is 1. The molecule has 0 N–H and O–H groups in total. The first-order valence-corrected chi connectivity index (χ1v) is 7.71. The average Bonchev–Trinajstić information content (AvgIpc) is 2.96. The molecule has 5 heteroatoms. The van der Waals surface area contributed by atoms with Crippen LogP contribution in [0.15, 0.2) is 46.4 Å². The number of ketones is 1. The molecule has 3 rings (SSSR count). The Morgan fingerprint density at radius 2 is 2.16 bits per heavy atom. The van der Waals surface area contributed by atoms with Gasteiger partial charge in [-0.15, -0.1) is 11.3 Å². The molecule has 2 aromatic heterocycles.